The van der Waals surface area contributed by atoms with Crippen molar-refractivity contribution in [3.63, 3.8) is 0 Å². The molecular formula is C23H26N4O. The fourth-order valence-electron chi connectivity index (χ4n) is 3.05. The topological polar surface area (TPSA) is 58.1 Å². The normalized spacial score (nSPS) is 11.1. The van der Waals surface area contributed by atoms with Gasteiger partial charge in [-0.05, 0) is 22.6 Å². The summed E-state index contributed by atoms with van der Waals surface area (Å²) < 4.78 is 0. The second kappa shape index (κ2) is 8.21. The van der Waals surface area contributed by atoms with Gasteiger partial charge in [0.15, 0.2) is 0 Å². The van der Waals surface area contributed by atoms with Crippen molar-refractivity contribution in [1.82, 2.24) is 14.9 Å². The van der Waals surface area contributed by atoms with Crippen molar-refractivity contribution < 1.29 is 4.79 Å². The molecule has 3 rings (SSSR count). The molecule has 0 atom stereocenters. The van der Waals surface area contributed by atoms with Crippen molar-refractivity contribution in [3.05, 3.63) is 83.8 Å². The molecule has 0 aliphatic rings. The van der Waals surface area contributed by atoms with Gasteiger partial charge in [-0.25, -0.2) is 9.97 Å². The zero-order valence-electron chi connectivity index (χ0n) is 16.8. The van der Waals surface area contributed by atoms with Gasteiger partial charge < -0.3 is 10.2 Å². The van der Waals surface area contributed by atoms with Crippen LogP contribution in [-0.2, 0) is 12.0 Å². The molecule has 0 spiro atoms. The van der Waals surface area contributed by atoms with Gasteiger partial charge in [0, 0.05) is 25.3 Å². The summed E-state index contributed by atoms with van der Waals surface area (Å²) in [4.78, 5) is 22.9. The van der Waals surface area contributed by atoms with Crippen LogP contribution in [-0.4, -0.2) is 27.8 Å². The van der Waals surface area contributed by atoms with Gasteiger partial charge in [0.1, 0.15) is 17.8 Å². The molecule has 144 valence electrons. The lowest BCUT2D eigenvalue weighted by molar-refractivity contribution is 0.0779. The fraction of sp³-hybridized carbons (Fsp3) is 0.261. The molecule has 0 aliphatic heterocycles. The standard InChI is InChI=1S/C23H26N4O/c1-23(2,3)18-12-8-9-13-19(18)26-21-14-20(24-16-25-21)22(28)27(4)15-17-10-6-5-7-11-17/h5-14,16H,15H2,1-4H3,(H,24,25,26). The van der Waals surface area contributed by atoms with Gasteiger partial charge in [0.05, 0.1) is 0 Å². The van der Waals surface area contributed by atoms with E-state index in [0.717, 1.165) is 11.3 Å². The van der Waals surface area contributed by atoms with Crippen LogP contribution in [0.25, 0.3) is 0 Å². The second-order valence-corrected chi connectivity index (χ2v) is 7.86. The third-order valence-electron chi connectivity index (χ3n) is 4.49. The van der Waals surface area contributed by atoms with E-state index in [1.54, 1.807) is 18.0 Å². The maximum Gasteiger partial charge on any atom is 0.272 e. The maximum atomic E-state index is 12.8. The Kier molecular flexibility index (Phi) is 5.73. The Morgan fingerprint density at radius 2 is 1.68 bits per heavy atom. The van der Waals surface area contributed by atoms with Gasteiger partial charge in [0.25, 0.3) is 5.91 Å². The molecular weight excluding hydrogens is 348 g/mol. The average molecular weight is 374 g/mol. The van der Waals surface area contributed by atoms with Crippen LogP contribution < -0.4 is 5.32 Å². The summed E-state index contributed by atoms with van der Waals surface area (Å²) in [6.07, 6.45) is 1.42. The summed E-state index contributed by atoms with van der Waals surface area (Å²) in [7, 11) is 1.78. The molecule has 0 radical (unpaired) electrons. The number of para-hydroxylation sites is 1. The van der Waals surface area contributed by atoms with Gasteiger partial charge in [-0.2, -0.15) is 0 Å². The quantitative estimate of drug-likeness (QED) is 0.697. The van der Waals surface area contributed by atoms with E-state index in [-0.39, 0.29) is 11.3 Å². The van der Waals surface area contributed by atoms with Gasteiger partial charge in [-0.15, -0.1) is 0 Å². The van der Waals surface area contributed by atoms with Crippen molar-refractivity contribution in [3.8, 4) is 0 Å². The summed E-state index contributed by atoms with van der Waals surface area (Å²) in [6.45, 7) is 7.03. The highest BCUT2D eigenvalue weighted by Crippen LogP contribution is 2.30. The highest BCUT2D eigenvalue weighted by molar-refractivity contribution is 5.92. The number of nitrogens with zero attached hydrogens (tertiary/aromatic N) is 3. The van der Waals surface area contributed by atoms with Gasteiger partial charge in [0.2, 0.25) is 0 Å². The predicted molar refractivity (Wildman–Crippen MR) is 113 cm³/mol. The molecule has 28 heavy (non-hydrogen) atoms. The lowest BCUT2D eigenvalue weighted by atomic mass is 9.86. The molecule has 1 heterocycles. The lowest BCUT2D eigenvalue weighted by Crippen LogP contribution is -2.27. The molecule has 0 unspecified atom stereocenters. The second-order valence-electron chi connectivity index (χ2n) is 7.86. The Labute approximate surface area is 166 Å². The van der Waals surface area contributed by atoms with Crippen LogP contribution in [0.3, 0.4) is 0 Å². The molecule has 1 amide bonds. The van der Waals surface area contributed by atoms with Crippen LogP contribution in [0.5, 0.6) is 0 Å². The largest absolute Gasteiger partial charge is 0.340 e. The molecule has 2 aromatic carbocycles. The van der Waals surface area contributed by atoms with E-state index in [0.29, 0.717) is 18.1 Å². The number of anilines is 2. The van der Waals surface area contributed by atoms with E-state index in [2.05, 4.69) is 42.1 Å². The molecule has 0 fully saturated rings. The SMILES string of the molecule is CN(Cc1ccccc1)C(=O)c1cc(Nc2ccccc2C(C)(C)C)ncn1. The average Bonchev–Trinajstić information content (AvgIpc) is 2.68. The van der Waals surface area contributed by atoms with Crippen LogP contribution in [0.4, 0.5) is 11.5 Å². The molecule has 3 aromatic rings. The molecule has 5 nitrogen and oxygen atoms in total. The smallest absolute Gasteiger partial charge is 0.272 e. The van der Waals surface area contributed by atoms with Crippen molar-refractivity contribution in [1.29, 1.82) is 0 Å². The van der Waals surface area contributed by atoms with Crippen molar-refractivity contribution in [2.75, 3.05) is 12.4 Å². The Morgan fingerprint density at radius 1 is 1.00 bits per heavy atom. The number of aromatic nitrogens is 2. The van der Waals surface area contributed by atoms with Gasteiger partial charge in [-0.1, -0.05) is 69.3 Å². The molecule has 5 heteroatoms. The van der Waals surface area contributed by atoms with Crippen molar-refractivity contribution in [2.24, 2.45) is 0 Å². The minimum atomic E-state index is -0.140. The van der Waals surface area contributed by atoms with Crippen LogP contribution in [0.2, 0.25) is 0 Å². The van der Waals surface area contributed by atoms with E-state index >= 15 is 0 Å². The summed E-state index contributed by atoms with van der Waals surface area (Å²) in [5.41, 5.74) is 3.59. The summed E-state index contributed by atoms with van der Waals surface area (Å²) >= 11 is 0. The molecule has 1 aromatic heterocycles. The van der Waals surface area contributed by atoms with Crippen LogP contribution in [0.15, 0.2) is 67.0 Å². The predicted octanol–water partition coefficient (Wildman–Crippen LogP) is 4.79. The van der Waals surface area contributed by atoms with E-state index in [4.69, 9.17) is 0 Å². The Morgan fingerprint density at radius 3 is 2.39 bits per heavy atom. The zero-order chi connectivity index (χ0) is 20.1. The summed E-state index contributed by atoms with van der Waals surface area (Å²) in [6, 6.07) is 19.7. The highest BCUT2D eigenvalue weighted by Gasteiger charge is 2.19. The Bertz CT molecular complexity index is 948. The van der Waals surface area contributed by atoms with Gasteiger partial charge in [-0.3, -0.25) is 4.79 Å². The number of rotatable bonds is 5. The highest BCUT2D eigenvalue weighted by atomic mass is 16.2. The monoisotopic (exact) mass is 374 g/mol. The first kappa shape index (κ1) is 19.5. The maximum absolute atomic E-state index is 12.8. The van der Waals surface area contributed by atoms with Crippen LogP contribution in [0, 0.1) is 0 Å². The number of benzene rings is 2. The molecule has 1 N–H and O–H groups in total. The lowest BCUT2D eigenvalue weighted by Gasteiger charge is -2.23. The van der Waals surface area contributed by atoms with Gasteiger partial charge >= 0.3 is 0 Å². The molecule has 0 aliphatic carbocycles. The van der Waals surface area contributed by atoms with Crippen molar-refractivity contribution in [2.45, 2.75) is 32.7 Å². The number of nitrogens with one attached hydrogen (secondary N) is 1. The molecule has 0 saturated carbocycles. The summed E-state index contributed by atoms with van der Waals surface area (Å²) in [5.74, 6) is 0.460. The number of hydrogen-bond acceptors (Lipinski definition) is 4. The minimum absolute atomic E-state index is 0.00876. The number of amides is 1. The van der Waals surface area contributed by atoms with Crippen LogP contribution in [0.1, 0.15) is 42.4 Å². The van der Waals surface area contributed by atoms with E-state index in [1.165, 1.54) is 11.9 Å². The third kappa shape index (κ3) is 4.74. The first-order valence-corrected chi connectivity index (χ1v) is 9.32. The first-order chi connectivity index (χ1) is 13.3. The van der Waals surface area contributed by atoms with E-state index in [9.17, 15) is 4.79 Å². The Hall–Kier alpha value is -3.21. The number of carbonyl (C=O) groups excluding carboxylic acids is 1. The van der Waals surface area contributed by atoms with E-state index in [1.807, 2.05) is 48.5 Å². The summed E-state index contributed by atoms with van der Waals surface area (Å²) in [5, 5.41) is 3.34. The zero-order valence-corrected chi connectivity index (χ0v) is 16.8. The fourth-order valence-corrected chi connectivity index (χ4v) is 3.05. The van der Waals surface area contributed by atoms with Crippen molar-refractivity contribution >= 4 is 17.4 Å². The first-order valence-electron chi connectivity index (χ1n) is 9.32. The number of carbonyl (C=O) groups is 1. The third-order valence-corrected chi connectivity index (χ3v) is 4.49. The van der Waals surface area contributed by atoms with Crippen LogP contribution >= 0.6 is 0 Å². The van der Waals surface area contributed by atoms with E-state index < -0.39 is 0 Å². The molecule has 0 saturated heterocycles. The molecule has 0 bridgehead atoms. The Balaban J connectivity index is 1.78. The minimum Gasteiger partial charge on any atom is -0.340 e. The number of hydrogen-bond donors (Lipinski definition) is 1.